The molecule has 1 heterocycles. The molecule has 1 aromatic heterocycles. The zero-order valence-corrected chi connectivity index (χ0v) is 18.7. The maximum absolute atomic E-state index is 12.7. The van der Waals surface area contributed by atoms with Gasteiger partial charge in [0, 0.05) is 12.5 Å². The summed E-state index contributed by atoms with van der Waals surface area (Å²) < 4.78 is 28.7. The predicted octanol–water partition coefficient (Wildman–Crippen LogP) is 3.25. The number of sulfonamides is 1. The van der Waals surface area contributed by atoms with Crippen LogP contribution in [0.15, 0.2) is 36.4 Å². The SMILES string of the molecule is CCC1C[C@@H]1C(=O)NS(=O)(=O)C1(CC/C=C\CCCn2c([O-])nc3ccccc32)CC1. The number of carbonyl (C=O) groups excluding carboxylic acids is 1. The van der Waals surface area contributed by atoms with Gasteiger partial charge in [0.05, 0.1) is 21.8 Å². The molecule has 1 unspecified atom stereocenters. The molecule has 0 spiro atoms. The van der Waals surface area contributed by atoms with Gasteiger partial charge in [-0.1, -0.05) is 37.6 Å². The van der Waals surface area contributed by atoms with E-state index >= 15 is 0 Å². The van der Waals surface area contributed by atoms with Crippen molar-refractivity contribution in [3.63, 3.8) is 0 Å². The van der Waals surface area contributed by atoms with Gasteiger partial charge in [0.2, 0.25) is 15.9 Å². The summed E-state index contributed by atoms with van der Waals surface area (Å²) in [4.78, 5) is 16.2. The monoisotopic (exact) mass is 444 g/mol. The van der Waals surface area contributed by atoms with Gasteiger partial charge >= 0.3 is 0 Å². The van der Waals surface area contributed by atoms with Crippen LogP contribution in [0.25, 0.3) is 11.0 Å². The minimum atomic E-state index is -3.62. The summed E-state index contributed by atoms with van der Waals surface area (Å²) in [6, 6.07) is 7.29. The molecule has 1 amide bonds. The van der Waals surface area contributed by atoms with Crippen LogP contribution in [0.3, 0.4) is 0 Å². The van der Waals surface area contributed by atoms with Gasteiger partial charge in [-0.05, 0) is 63.0 Å². The van der Waals surface area contributed by atoms with Crippen LogP contribution in [0.1, 0.15) is 58.3 Å². The molecule has 8 heteroatoms. The van der Waals surface area contributed by atoms with Crippen LogP contribution in [0.4, 0.5) is 0 Å². The Morgan fingerprint density at radius 2 is 2.03 bits per heavy atom. The van der Waals surface area contributed by atoms with E-state index < -0.39 is 14.8 Å². The first kappa shape index (κ1) is 21.9. The lowest BCUT2D eigenvalue weighted by Gasteiger charge is -2.16. The van der Waals surface area contributed by atoms with E-state index in [4.69, 9.17) is 0 Å². The molecule has 0 bridgehead atoms. The summed E-state index contributed by atoms with van der Waals surface area (Å²) in [6.45, 7) is 2.63. The lowest BCUT2D eigenvalue weighted by molar-refractivity contribution is -0.285. The van der Waals surface area contributed by atoms with Crippen LogP contribution >= 0.6 is 0 Å². The summed E-state index contributed by atoms with van der Waals surface area (Å²) >= 11 is 0. The summed E-state index contributed by atoms with van der Waals surface area (Å²) in [5.74, 6) is -0.109. The standard InChI is InChI=1S/C23H31N3O4S/c1-2-17-16-18(17)21(27)25-31(29,30)23(13-14-23)12-8-4-3-5-9-15-26-20-11-7-6-10-19(20)24-22(26)28/h3-4,6-7,10-11,17-18H,2,5,8-9,12-16H2,1H3,(H,24,28)(H,25,27)/p-1/b4-3-/t17?,18-/m0/s1. The van der Waals surface area contributed by atoms with Crippen molar-refractivity contribution in [2.45, 2.75) is 69.6 Å². The number of hydrogen-bond acceptors (Lipinski definition) is 5. The van der Waals surface area contributed by atoms with E-state index in [0.717, 1.165) is 36.7 Å². The lowest BCUT2D eigenvalue weighted by Crippen LogP contribution is -2.40. The fourth-order valence-electron chi connectivity index (χ4n) is 4.35. The fraction of sp³-hybridized carbons (Fsp3) is 0.565. The Labute approximate surface area is 183 Å². The van der Waals surface area contributed by atoms with Gasteiger partial charge in [-0.2, -0.15) is 0 Å². The van der Waals surface area contributed by atoms with Crippen LogP contribution in [0, 0.1) is 11.8 Å². The van der Waals surface area contributed by atoms with Gasteiger partial charge in [0.1, 0.15) is 0 Å². The number of allylic oxidation sites excluding steroid dienone is 2. The second-order valence-corrected chi connectivity index (χ2v) is 10.9. The predicted molar refractivity (Wildman–Crippen MR) is 118 cm³/mol. The Balaban J connectivity index is 1.21. The van der Waals surface area contributed by atoms with Crippen molar-refractivity contribution in [1.29, 1.82) is 0 Å². The molecule has 7 nitrogen and oxygen atoms in total. The van der Waals surface area contributed by atoms with Crippen molar-refractivity contribution < 1.29 is 18.3 Å². The van der Waals surface area contributed by atoms with Crippen molar-refractivity contribution in [2.24, 2.45) is 11.8 Å². The number of unbranched alkanes of at least 4 members (excludes halogenated alkanes) is 1. The molecule has 1 aromatic carbocycles. The number of hydrogen-bond donors (Lipinski definition) is 1. The Bertz CT molecular complexity index is 1090. The Morgan fingerprint density at radius 1 is 1.29 bits per heavy atom. The van der Waals surface area contributed by atoms with E-state index in [1.165, 1.54) is 0 Å². The third-order valence-electron chi connectivity index (χ3n) is 6.70. The summed E-state index contributed by atoms with van der Waals surface area (Å²) in [5.41, 5.74) is 1.58. The average molecular weight is 445 g/mol. The number of rotatable bonds is 11. The number of amides is 1. The molecule has 1 N–H and O–H groups in total. The quantitative estimate of drug-likeness (QED) is 0.423. The highest BCUT2D eigenvalue weighted by molar-refractivity contribution is 7.91. The van der Waals surface area contributed by atoms with E-state index in [1.54, 1.807) is 4.57 Å². The number of nitrogens with zero attached hydrogens (tertiary/aromatic N) is 2. The molecule has 2 atom stereocenters. The first-order valence-corrected chi connectivity index (χ1v) is 12.7. The molecule has 0 saturated heterocycles. The number of carbonyl (C=O) groups is 1. The highest BCUT2D eigenvalue weighted by Crippen LogP contribution is 2.48. The number of para-hydroxylation sites is 2. The van der Waals surface area contributed by atoms with Crippen LogP contribution in [0.2, 0.25) is 0 Å². The fourth-order valence-corrected chi connectivity index (χ4v) is 6.01. The molecular formula is C23H30N3O4S-. The Hall–Kier alpha value is -2.35. The maximum atomic E-state index is 12.7. The van der Waals surface area contributed by atoms with Crippen LogP contribution < -0.4 is 9.83 Å². The molecule has 0 aliphatic heterocycles. The number of imidazole rings is 1. The summed E-state index contributed by atoms with van der Waals surface area (Å²) in [6.07, 6.45) is 9.82. The number of benzene rings is 1. The third kappa shape index (κ3) is 4.63. The van der Waals surface area contributed by atoms with Gasteiger partial charge in [-0.25, -0.2) is 13.4 Å². The lowest BCUT2D eigenvalue weighted by atomic mass is 10.2. The number of aryl methyl sites for hydroxylation is 1. The van der Waals surface area contributed by atoms with E-state index in [-0.39, 0.29) is 17.8 Å². The molecule has 2 aromatic rings. The molecule has 4 rings (SSSR count). The number of fused-ring (bicyclic) bond motifs is 1. The smallest absolute Gasteiger partial charge is 0.240 e. The third-order valence-corrected chi connectivity index (χ3v) is 8.92. The van der Waals surface area contributed by atoms with Crippen LogP contribution in [-0.4, -0.2) is 28.6 Å². The van der Waals surface area contributed by atoms with E-state index in [1.807, 2.05) is 43.3 Å². The molecule has 31 heavy (non-hydrogen) atoms. The van der Waals surface area contributed by atoms with E-state index in [0.29, 0.717) is 38.1 Å². The van der Waals surface area contributed by atoms with E-state index in [9.17, 15) is 18.3 Å². The summed E-state index contributed by atoms with van der Waals surface area (Å²) in [5, 5.41) is 12.0. The van der Waals surface area contributed by atoms with Crippen LogP contribution in [0.5, 0.6) is 6.01 Å². The van der Waals surface area contributed by atoms with Gasteiger partial charge in [-0.15, -0.1) is 0 Å². The molecule has 2 fully saturated rings. The number of aromatic nitrogens is 2. The zero-order chi connectivity index (χ0) is 22.1. The second kappa shape index (κ2) is 8.65. The Kier molecular flexibility index (Phi) is 6.10. The molecule has 168 valence electrons. The first-order chi connectivity index (χ1) is 14.9. The normalized spacial score (nSPS) is 22.1. The largest absolute Gasteiger partial charge is 0.846 e. The van der Waals surface area contributed by atoms with Crippen molar-refractivity contribution in [3.8, 4) is 6.01 Å². The highest BCUT2D eigenvalue weighted by Gasteiger charge is 2.55. The minimum absolute atomic E-state index is 0.127. The van der Waals surface area contributed by atoms with Gasteiger partial charge in [-0.3, -0.25) is 9.52 Å². The highest BCUT2D eigenvalue weighted by atomic mass is 32.2. The van der Waals surface area contributed by atoms with Crippen LogP contribution in [-0.2, 0) is 21.4 Å². The molecular weight excluding hydrogens is 414 g/mol. The van der Waals surface area contributed by atoms with Gasteiger partial charge in [0.15, 0.2) is 0 Å². The van der Waals surface area contributed by atoms with Crippen molar-refractivity contribution in [3.05, 3.63) is 36.4 Å². The van der Waals surface area contributed by atoms with Crippen molar-refractivity contribution >= 4 is 27.0 Å². The second-order valence-electron chi connectivity index (χ2n) is 8.85. The Morgan fingerprint density at radius 3 is 2.74 bits per heavy atom. The zero-order valence-electron chi connectivity index (χ0n) is 17.9. The average Bonchev–Trinajstić information content (AvgIpc) is 3.64. The van der Waals surface area contributed by atoms with Gasteiger partial charge in [0.25, 0.3) is 0 Å². The minimum Gasteiger partial charge on any atom is -0.846 e. The number of nitrogens with one attached hydrogen (secondary N) is 1. The first-order valence-electron chi connectivity index (χ1n) is 11.2. The van der Waals surface area contributed by atoms with Gasteiger partial charge < -0.3 is 9.67 Å². The summed E-state index contributed by atoms with van der Waals surface area (Å²) in [7, 11) is -3.62. The van der Waals surface area contributed by atoms with Crippen molar-refractivity contribution in [2.75, 3.05) is 0 Å². The molecule has 2 saturated carbocycles. The molecule has 0 radical (unpaired) electrons. The maximum Gasteiger partial charge on any atom is 0.240 e. The molecule has 2 aliphatic rings. The molecule has 2 aliphatic carbocycles. The topological polar surface area (TPSA) is 104 Å². The van der Waals surface area contributed by atoms with E-state index in [2.05, 4.69) is 9.71 Å². The van der Waals surface area contributed by atoms with Crippen molar-refractivity contribution in [1.82, 2.24) is 14.3 Å².